The average Bonchev–Trinajstić information content (AvgIpc) is 3.00. The fraction of sp³-hybridized carbons (Fsp3) is 0.176. The number of fused-ring (bicyclic) bond motifs is 2. The Hall–Kier alpha value is -2.29. The monoisotopic (exact) mass is 435 g/mol. The van der Waals surface area contributed by atoms with Crippen LogP contribution in [0.5, 0.6) is 11.5 Å². The second kappa shape index (κ2) is 6.31. The highest BCUT2D eigenvalue weighted by molar-refractivity contribution is 14.1. The molecule has 4 rings (SSSR count). The molecule has 1 aliphatic heterocycles. The Morgan fingerprint density at radius 3 is 3.00 bits per heavy atom. The van der Waals surface area contributed by atoms with E-state index in [0.29, 0.717) is 24.5 Å². The number of hydrogen-bond donors (Lipinski definition) is 2. The van der Waals surface area contributed by atoms with Gasteiger partial charge in [-0.05, 0) is 52.9 Å². The molecule has 0 fully saturated rings. The lowest BCUT2D eigenvalue weighted by Gasteiger charge is -2.26. The Morgan fingerprint density at radius 1 is 1.29 bits per heavy atom. The number of amides is 1. The van der Waals surface area contributed by atoms with Crippen LogP contribution in [0.1, 0.15) is 10.4 Å². The number of para-hydroxylation sites is 2. The van der Waals surface area contributed by atoms with Gasteiger partial charge in [0.15, 0.2) is 11.5 Å². The Bertz CT molecular complexity index is 909. The molecule has 3 aromatic rings. The van der Waals surface area contributed by atoms with Crippen molar-refractivity contribution in [1.29, 1.82) is 0 Å². The van der Waals surface area contributed by atoms with Gasteiger partial charge in [-0.1, -0.05) is 12.1 Å². The summed E-state index contributed by atoms with van der Waals surface area (Å²) in [5.41, 5.74) is 1.44. The first-order valence-electron chi connectivity index (χ1n) is 7.51. The summed E-state index contributed by atoms with van der Waals surface area (Å²) in [6.07, 6.45) is -0.207. The van der Waals surface area contributed by atoms with Gasteiger partial charge >= 0.3 is 0 Å². The minimum absolute atomic E-state index is 0.142. The summed E-state index contributed by atoms with van der Waals surface area (Å²) in [6.45, 7) is 0.795. The number of halogens is 1. The van der Waals surface area contributed by atoms with Crippen LogP contribution in [-0.4, -0.2) is 35.4 Å². The van der Waals surface area contributed by atoms with Crippen LogP contribution in [0.3, 0.4) is 0 Å². The van der Waals surface area contributed by atoms with Gasteiger partial charge in [0.1, 0.15) is 16.4 Å². The largest absolute Gasteiger partial charge is 0.486 e. The van der Waals surface area contributed by atoms with Gasteiger partial charge < -0.3 is 14.8 Å². The van der Waals surface area contributed by atoms with Crippen molar-refractivity contribution in [3.63, 3.8) is 0 Å². The third-order valence-electron chi connectivity index (χ3n) is 3.83. The molecule has 1 unspecified atom stereocenters. The molecule has 7 heteroatoms. The molecule has 6 nitrogen and oxygen atoms in total. The van der Waals surface area contributed by atoms with Crippen LogP contribution in [-0.2, 0) is 0 Å². The molecular formula is C17H14IN3O3. The second-order valence-electron chi connectivity index (χ2n) is 5.48. The number of nitrogens with zero attached hydrogens (tertiary/aromatic N) is 1. The number of carbonyl (C=O) groups excluding carboxylic acids is 1. The van der Waals surface area contributed by atoms with Crippen LogP contribution in [0, 0.1) is 3.70 Å². The normalized spacial score (nSPS) is 16.1. The van der Waals surface area contributed by atoms with Crippen LogP contribution < -0.4 is 14.8 Å². The molecule has 24 heavy (non-hydrogen) atoms. The van der Waals surface area contributed by atoms with Crippen LogP contribution >= 0.6 is 22.6 Å². The minimum Gasteiger partial charge on any atom is -0.486 e. The molecule has 122 valence electrons. The molecule has 1 amide bonds. The number of benzene rings is 2. The summed E-state index contributed by atoms with van der Waals surface area (Å²) < 4.78 is 12.4. The summed E-state index contributed by atoms with van der Waals surface area (Å²) >= 11 is 2.16. The zero-order chi connectivity index (χ0) is 16.5. The van der Waals surface area contributed by atoms with Crippen molar-refractivity contribution in [2.24, 2.45) is 0 Å². The summed E-state index contributed by atoms with van der Waals surface area (Å²) in [4.78, 5) is 12.4. The quantitative estimate of drug-likeness (QED) is 0.621. The minimum atomic E-state index is -0.207. The standard InChI is InChI=1S/C17H14IN3O3/c18-16-12-7-10(5-6-13(12)20-21-16)17(22)19-8-11-9-23-14-3-1-2-4-15(14)24-11/h1-7,11H,8-9H2,(H,19,22)(H,20,21). The number of aromatic amines is 1. The highest BCUT2D eigenvalue weighted by atomic mass is 127. The van der Waals surface area contributed by atoms with Gasteiger partial charge in [0.25, 0.3) is 5.91 Å². The molecule has 0 bridgehead atoms. The van der Waals surface area contributed by atoms with E-state index in [1.165, 1.54) is 0 Å². The maximum absolute atomic E-state index is 12.4. The topological polar surface area (TPSA) is 76.2 Å². The van der Waals surface area contributed by atoms with Crippen molar-refractivity contribution < 1.29 is 14.3 Å². The SMILES string of the molecule is O=C(NCC1COc2ccccc2O1)c1ccc2n[nH]c(I)c2c1. The van der Waals surface area contributed by atoms with Crippen LogP contribution in [0.15, 0.2) is 42.5 Å². The van der Waals surface area contributed by atoms with E-state index < -0.39 is 0 Å². The predicted molar refractivity (Wildman–Crippen MR) is 97.5 cm³/mol. The number of aromatic nitrogens is 2. The lowest BCUT2D eigenvalue weighted by molar-refractivity contribution is 0.0789. The van der Waals surface area contributed by atoms with Crippen LogP contribution in [0.25, 0.3) is 10.9 Å². The zero-order valence-electron chi connectivity index (χ0n) is 12.6. The van der Waals surface area contributed by atoms with Crippen molar-refractivity contribution >= 4 is 39.4 Å². The molecule has 2 heterocycles. The van der Waals surface area contributed by atoms with Gasteiger partial charge in [-0.3, -0.25) is 9.89 Å². The van der Waals surface area contributed by atoms with Crippen molar-refractivity contribution in [2.45, 2.75) is 6.10 Å². The molecule has 0 spiro atoms. The number of rotatable bonds is 3. The predicted octanol–water partition coefficient (Wildman–Crippen LogP) is 2.74. The molecule has 2 N–H and O–H groups in total. The molecular weight excluding hydrogens is 421 g/mol. The van der Waals surface area contributed by atoms with Crippen molar-refractivity contribution in [1.82, 2.24) is 15.5 Å². The van der Waals surface area contributed by atoms with Crippen LogP contribution in [0.4, 0.5) is 0 Å². The molecule has 0 aliphatic carbocycles. The molecule has 2 aromatic carbocycles. The smallest absolute Gasteiger partial charge is 0.251 e. The van der Waals surface area contributed by atoms with Crippen LogP contribution in [0.2, 0.25) is 0 Å². The van der Waals surface area contributed by atoms with E-state index >= 15 is 0 Å². The summed E-state index contributed by atoms with van der Waals surface area (Å²) in [6, 6.07) is 13.0. The highest BCUT2D eigenvalue weighted by Gasteiger charge is 2.21. The zero-order valence-corrected chi connectivity index (χ0v) is 14.7. The maximum atomic E-state index is 12.4. The molecule has 0 radical (unpaired) electrons. The van der Waals surface area contributed by atoms with E-state index in [9.17, 15) is 4.79 Å². The fourth-order valence-electron chi connectivity index (χ4n) is 2.59. The molecule has 0 saturated carbocycles. The first-order valence-corrected chi connectivity index (χ1v) is 8.59. The van der Waals surface area contributed by atoms with Crippen molar-refractivity contribution in [3.05, 3.63) is 51.7 Å². The first kappa shape index (κ1) is 15.3. The summed E-state index contributed by atoms with van der Waals surface area (Å²) in [5, 5.41) is 10.9. The molecule has 1 aliphatic rings. The third kappa shape index (κ3) is 2.91. The Balaban J connectivity index is 1.42. The number of H-pyrrole nitrogens is 1. The number of nitrogens with one attached hydrogen (secondary N) is 2. The van der Waals surface area contributed by atoms with E-state index in [-0.39, 0.29) is 12.0 Å². The van der Waals surface area contributed by atoms with Gasteiger partial charge in [-0.15, -0.1) is 0 Å². The van der Waals surface area contributed by atoms with E-state index in [4.69, 9.17) is 9.47 Å². The van der Waals surface area contributed by atoms with Gasteiger partial charge in [-0.2, -0.15) is 5.10 Å². The summed E-state index contributed by atoms with van der Waals surface area (Å²) in [7, 11) is 0. The Morgan fingerprint density at radius 2 is 2.12 bits per heavy atom. The van der Waals surface area contributed by atoms with Gasteiger partial charge in [0, 0.05) is 10.9 Å². The van der Waals surface area contributed by atoms with E-state index in [2.05, 4.69) is 38.1 Å². The fourth-order valence-corrected chi connectivity index (χ4v) is 3.14. The van der Waals surface area contributed by atoms with Gasteiger partial charge in [-0.25, -0.2) is 0 Å². The number of hydrogen-bond acceptors (Lipinski definition) is 4. The van der Waals surface area contributed by atoms with Gasteiger partial charge in [0.2, 0.25) is 0 Å². The Kier molecular flexibility index (Phi) is 4.01. The van der Waals surface area contributed by atoms with Gasteiger partial charge in [0.05, 0.1) is 12.1 Å². The first-order chi connectivity index (χ1) is 11.7. The molecule has 1 aromatic heterocycles. The Labute approximate surface area is 151 Å². The second-order valence-corrected chi connectivity index (χ2v) is 6.56. The number of carbonyl (C=O) groups is 1. The molecule has 0 saturated heterocycles. The molecule has 1 atom stereocenters. The average molecular weight is 435 g/mol. The summed E-state index contributed by atoms with van der Waals surface area (Å²) in [5.74, 6) is 1.30. The number of ether oxygens (including phenoxy) is 2. The van der Waals surface area contributed by atoms with E-state index in [0.717, 1.165) is 20.4 Å². The third-order valence-corrected chi connectivity index (χ3v) is 4.65. The highest BCUT2D eigenvalue weighted by Crippen LogP contribution is 2.30. The lowest BCUT2D eigenvalue weighted by Crippen LogP contribution is -2.40. The van der Waals surface area contributed by atoms with Crippen molar-refractivity contribution in [3.8, 4) is 11.5 Å². The van der Waals surface area contributed by atoms with Crippen molar-refractivity contribution in [2.75, 3.05) is 13.2 Å². The van der Waals surface area contributed by atoms with E-state index in [1.807, 2.05) is 36.4 Å². The van der Waals surface area contributed by atoms with E-state index in [1.54, 1.807) is 6.07 Å². The lowest BCUT2D eigenvalue weighted by atomic mass is 10.1. The maximum Gasteiger partial charge on any atom is 0.251 e.